The molecule has 1 amide bonds. The van der Waals surface area contributed by atoms with Crippen LogP contribution >= 0.6 is 11.6 Å². The molecule has 0 unspecified atom stereocenters. The molecule has 0 bridgehead atoms. The molecule has 0 radical (unpaired) electrons. The zero-order valence-corrected chi connectivity index (χ0v) is 16.6. The second-order valence-electron chi connectivity index (χ2n) is 6.25. The van der Waals surface area contributed by atoms with E-state index in [4.69, 9.17) is 11.6 Å². The fraction of sp³-hybridized carbons (Fsp3) is 0.368. The first-order valence-corrected chi connectivity index (χ1v) is 9.00. The summed E-state index contributed by atoms with van der Waals surface area (Å²) in [5, 5.41) is 6.71. The maximum absolute atomic E-state index is 13.1. The van der Waals surface area contributed by atoms with Gasteiger partial charge in [-0.2, -0.15) is 0 Å². The summed E-state index contributed by atoms with van der Waals surface area (Å²) < 4.78 is 15.1. The predicted octanol–water partition coefficient (Wildman–Crippen LogP) is 2.18. The van der Waals surface area contributed by atoms with Crippen LogP contribution in [0.2, 0.25) is 5.02 Å². The van der Waals surface area contributed by atoms with E-state index in [1.807, 2.05) is 35.8 Å². The molecule has 2 N–H and O–H groups in total. The monoisotopic (exact) mass is 393 g/mol. The Bertz CT molecular complexity index is 805. The number of benzene rings is 1. The van der Waals surface area contributed by atoms with E-state index in [0.29, 0.717) is 36.2 Å². The lowest BCUT2D eigenvalue weighted by molar-refractivity contribution is -0.120. The third kappa shape index (κ3) is 6.60. The molecular formula is C19H25ClFN5O. The van der Waals surface area contributed by atoms with Gasteiger partial charge < -0.3 is 20.1 Å². The molecule has 2 rings (SSSR count). The van der Waals surface area contributed by atoms with E-state index < -0.39 is 0 Å². The summed E-state index contributed by atoms with van der Waals surface area (Å²) in [5.74, 6) is 0.226. The minimum Gasteiger partial charge on any atom is -0.354 e. The van der Waals surface area contributed by atoms with Crippen LogP contribution in [-0.4, -0.2) is 48.5 Å². The normalized spacial score (nSPS) is 11.4. The Morgan fingerprint density at radius 2 is 2.04 bits per heavy atom. The number of aromatic nitrogens is 1. The molecule has 1 aromatic carbocycles. The Morgan fingerprint density at radius 3 is 2.67 bits per heavy atom. The Balaban J connectivity index is 1.74. The third-order valence-electron chi connectivity index (χ3n) is 4.03. The molecule has 146 valence electrons. The first-order valence-electron chi connectivity index (χ1n) is 8.62. The average Bonchev–Trinajstić information content (AvgIpc) is 2.92. The zero-order valence-electron chi connectivity index (χ0n) is 15.8. The van der Waals surface area contributed by atoms with E-state index in [1.54, 1.807) is 19.2 Å². The van der Waals surface area contributed by atoms with Crippen LogP contribution in [0.1, 0.15) is 11.3 Å². The van der Waals surface area contributed by atoms with E-state index in [9.17, 15) is 9.18 Å². The van der Waals surface area contributed by atoms with Crippen molar-refractivity contribution in [3.8, 4) is 0 Å². The molecule has 0 saturated carbocycles. The van der Waals surface area contributed by atoms with Gasteiger partial charge in [-0.1, -0.05) is 23.7 Å². The minimum atomic E-state index is -0.340. The lowest BCUT2D eigenvalue weighted by atomic mass is 10.1. The summed E-state index contributed by atoms with van der Waals surface area (Å²) in [6.45, 7) is 1.62. The van der Waals surface area contributed by atoms with Crippen molar-refractivity contribution in [2.24, 2.45) is 12.0 Å². The highest BCUT2D eigenvalue weighted by molar-refractivity contribution is 6.30. The number of carbonyl (C=O) groups excluding carboxylic acids is 1. The maximum Gasteiger partial charge on any atom is 0.224 e. The molecule has 0 atom stereocenters. The summed E-state index contributed by atoms with van der Waals surface area (Å²) in [6.07, 6.45) is 2.01. The van der Waals surface area contributed by atoms with Gasteiger partial charge in [-0.3, -0.25) is 9.79 Å². The zero-order chi connectivity index (χ0) is 19.8. The van der Waals surface area contributed by atoms with Gasteiger partial charge in [0.2, 0.25) is 5.91 Å². The standard InChI is InChI=1S/C19H25ClFN5O/c1-22-19(26(3)13-17-11-15(20)12-25(17)2)24-8-7-23-18(27)10-14-5-4-6-16(21)9-14/h4-6,9,11-12H,7-8,10,13H2,1-3H3,(H,22,24)(H,23,27). The molecule has 2 aromatic rings. The number of hydrogen-bond acceptors (Lipinski definition) is 2. The fourth-order valence-electron chi connectivity index (χ4n) is 2.70. The molecule has 27 heavy (non-hydrogen) atoms. The predicted molar refractivity (Wildman–Crippen MR) is 106 cm³/mol. The van der Waals surface area contributed by atoms with Crippen molar-refractivity contribution in [1.29, 1.82) is 0 Å². The number of halogens is 2. The van der Waals surface area contributed by atoms with Gasteiger partial charge >= 0.3 is 0 Å². The Kier molecular flexibility index (Phi) is 7.67. The molecule has 0 aliphatic heterocycles. The summed E-state index contributed by atoms with van der Waals surface area (Å²) in [7, 11) is 5.58. The number of hydrogen-bond donors (Lipinski definition) is 2. The highest BCUT2D eigenvalue weighted by atomic mass is 35.5. The van der Waals surface area contributed by atoms with Gasteiger partial charge in [0.1, 0.15) is 5.82 Å². The number of aryl methyl sites for hydroxylation is 1. The van der Waals surface area contributed by atoms with Crippen LogP contribution in [0.25, 0.3) is 0 Å². The second-order valence-corrected chi connectivity index (χ2v) is 6.68. The smallest absolute Gasteiger partial charge is 0.224 e. The number of nitrogens with one attached hydrogen (secondary N) is 2. The highest BCUT2D eigenvalue weighted by Gasteiger charge is 2.10. The number of carbonyl (C=O) groups is 1. The Hall–Kier alpha value is -2.54. The number of rotatable bonds is 7. The summed E-state index contributed by atoms with van der Waals surface area (Å²) in [4.78, 5) is 18.2. The van der Waals surface area contributed by atoms with Crippen molar-refractivity contribution >= 4 is 23.5 Å². The van der Waals surface area contributed by atoms with Crippen molar-refractivity contribution in [1.82, 2.24) is 20.1 Å². The molecule has 0 spiro atoms. The quantitative estimate of drug-likeness (QED) is 0.430. The molecule has 0 saturated heterocycles. The van der Waals surface area contributed by atoms with Gasteiger partial charge in [0.25, 0.3) is 0 Å². The highest BCUT2D eigenvalue weighted by Crippen LogP contribution is 2.14. The van der Waals surface area contributed by atoms with Crippen molar-refractivity contribution in [2.75, 3.05) is 27.2 Å². The largest absolute Gasteiger partial charge is 0.354 e. The average molecular weight is 394 g/mol. The van der Waals surface area contributed by atoms with Gasteiger partial charge in [-0.15, -0.1) is 0 Å². The van der Waals surface area contributed by atoms with E-state index in [0.717, 1.165) is 5.69 Å². The van der Waals surface area contributed by atoms with Crippen LogP contribution in [0.3, 0.4) is 0 Å². The molecule has 8 heteroatoms. The van der Waals surface area contributed by atoms with Crippen molar-refractivity contribution in [2.45, 2.75) is 13.0 Å². The summed E-state index contributed by atoms with van der Waals surface area (Å²) in [6, 6.07) is 7.96. The van der Waals surface area contributed by atoms with E-state index in [1.165, 1.54) is 12.1 Å². The lowest BCUT2D eigenvalue weighted by Crippen LogP contribution is -2.42. The van der Waals surface area contributed by atoms with Crippen LogP contribution in [-0.2, 0) is 24.8 Å². The maximum atomic E-state index is 13.1. The molecule has 0 aliphatic carbocycles. The Labute approximate surface area is 164 Å². The minimum absolute atomic E-state index is 0.149. The molecule has 6 nitrogen and oxygen atoms in total. The van der Waals surface area contributed by atoms with Gasteiger partial charge in [0, 0.05) is 46.1 Å². The first kappa shape index (κ1) is 20.8. The molecule has 0 aliphatic rings. The van der Waals surface area contributed by atoms with Crippen LogP contribution in [0.5, 0.6) is 0 Å². The van der Waals surface area contributed by atoms with Crippen molar-refractivity contribution in [3.63, 3.8) is 0 Å². The van der Waals surface area contributed by atoms with E-state index >= 15 is 0 Å². The van der Waals surface area contributed by atoms with E-state index in [2.05, 4.69) is 15.6 Å². The third-order valence-corrected chi connectivity index (χ3v) is 4.24. The lowest BCUT2D eigenvalue weighted by Gasteiger charge is -2.22. The molecule has 0 fully saturated rings. The molecule has 1 heterocycles. The summed E-state index contributed by atoms with van der Waals surface area (Å²) in [5.41, 5.74) is 1.71. The van der Waals surface area contributed by atoms with Crippen LogP contribution in [0, 0.1) is 5.82 Å². The summed E-state index contributed by atoms with van der Waals surface area (Å²) >= 11 is 6.02. The number of aliphatic imine (C=N–C) groups is 1. The van der Waals surface area contributed by atoms with Gasteiger partial charge in [-0.05, 0) is 23.8 Å². The van der Waals surface area contributed by atoms with Crippen LogP contribution in [0.4, 0.5) is 4.39 Å². The van der Waals surface area contributed by atoms with Crippen LogP contribution in [0.15, 0.2) is 41.5 Å². The number of amides is 1. The van der Waals surface area contributed by atoms with Gasteiger partial charge in [-0.25, -0.2) is 4.39 Å². The SMILES string of the molecule is CN=C(NCCNC(=O)Cc1cccc(F)c1)N(C)Cc1cc(Cl)cn1C. The van der Waals surface area contributed by atoms with Gasteiger partial charge in [0.15, 0.2) is 5.96 Å². The fourth-order valence-corrected chi connectivity index (χ4v) is 2.97. The number of nitrogens with zero attached hydrogens (tertiary/aromatic N) is 3. The van der Waals surface area contributed by atoms with Gasteiger partial charge in [0.05, 0.1) is 18.0 Å². The van der Waals surface area contributed by atoms with Crippen molar-refractivity contribution < 1.29 is 9.18 Å². The number of guanidine groups is 1. The second kappa shape index (κ2) is 9.97. The topological polar surface area (TPSA) is 61.7 Å². The molecular weight excluding hydrogens is 369 g/mol. The van der Waals surface area contributed by atoms with Crippen LogP contribution < -0.4 is 10.6 Å². The first-order chi connectivity index (χ1) is 12.9. The van der Waals surface area contributed by atoms with Crippen molar-refractivity contribution in [3.05, 3.63) is 58.6 Å². The molecule has 1 aromatic heterocycles. The van der Waals surface area contributed by atoms with E-state index in [-0.39, 0.29) is 18.1 Å². The Morgan fingerprint density at radius 1 is 1.30 bits per heavy atom.